The van der Waals surface area contributed by atoms with E-state index in [1.165, 1.54) is 12.1 Å². The largest absolute Gasteiger partial charge is 0.330 e. The van der Waals surface area contributed by atoms with Gasteiger partial charge in [-0.15, -0.1) is 0 Å². The standard InChI is InChI=1S/C20H15ClFN3O/c21-13-4-1-3-12(9-13)18-19-17-5-2-8-24(17)20(26)15-10-14(22)6-7-16(15)25(19)11-23-18/h1,3-4,6-7,9-11,17H,2,5,8H2/t17-/m0/s1. The molecule has 26 heavy (non-hydrogen) atoms. The normalized spacial score (nSPS) is 18.3. The first-order chi connectivity index (χ1) is 12.6. The van der Waals surface area contributed by atoms with Gasteiger partial charge in [0.25, 0.3) is 5.91 Å². The molecule has 4 nitrogen and oxygen atoms in total. The van der Waals surface area contributed by atoms with Gasteiger partial charge in [0.15, 0.2) is 0 Å². The molecule has 0 bridgehead atoms. The number of aromatic nitrogens is 2. The number of rotatable bonds is 1. The van der Waals surface area contributed by atoms with Crippen molar-refractivity contribution in [2.75, 3.05) is 6.54 Å². The Morgan fingerprint density at radius 1 is 1.19 bits per heavy atom. The number of imidazole rings is 1. The van der Waals surface area contributed by atoms with Crippen molar-refractivity contribution in [3.05, 3.63) is 70.9 Å². The van der Waals surface area contributed by atoms with Gasteiger partial charge in [0.1, 0.15) is 12.1 Å². The van der Waals surface area contributed by atoms with Gasteiger partial charge in [-0.25, -0.2) is 9.37 Å². The highest BCUT2D eigenvalue weighted by Crippen LogP contribution is 2.42. The molecule has 1 atom stereocenters. The fourth-order valence-electron chi connectivity index (χ4n) is 4.06. The summed E-state index contributed by atoms with van der Waals surface area (Å²) in [5.74, 6) is -0.533. The maximum Gasteiger partial charge on any atom is 0.256 e. The van der Waals surface area contributed by atoms with E-state index in [2.05, 4.69) is 4.98 Å². The Labute approximate surface area is 154 Å². The molecule has 0 radical (unpaired) electrons. The van der Waals surface area contributed by atoms with E-state index in [1.54, 1.807) is 12.4 Å². The number of fused-ring (bicyclic) bond motifs is 5. The van der Waals surface area contributed by atoms with Gasteiger partial charge in [0.2, 0.25) is 0 Å². The quantitative estimate of drug-likeness (QED) is 0.629. The van der Waals surface area contributed by atoms with Gasteiger partial charge < -0.3 is 4.90 Å². The third kappa shape index (κ3) is 2.20. The molecule has 0 saturated carbocycles. The molecule has 1 saturated heterocycles. The first-order valence-corrected chi connectivity index (χ1v) is 8.95. The van der Waals surface area contributed by atoms with E-state index in [1.807, 2.05) is 33.7 Å². The number of hydrogen-bond acceptors (Lipinski definition) is 2. The van der Waals surface area contributed by atoms with Crippen LogP contribution in [-0.4, -0.2) is 26.9 Å². The molecule has 0 spiro atoms. The zero-order valence-electron chi connectivity index (χ0n) is 13.8. The number of carbonyl (C=O) groups is 1. The summed E-state index contributed by atoms with van der Waals surface area (Å²) in [5, 5.41) is 0.639. The number of amides is 1. The van der Waals surface area contributed by atoms with Gasteiger partial charge in [0, 0.05) is 17.1 Å². The molecule has 1 fully saturated rings. The smallest absolute Gasteiger partial charge is 0.256 e. The third-order valence-electron chi connectivity index (χ3n) is 5.18. The monoisotopic (exact) mass is 367 g/mol. The number of benzene rings is 2. The van der Waals surface area contributed by atoms with E-state index in [-0.39, 0.29) is 11.9 Å². The second kappa shape index (κ2) is 5.68. The molecule has 1 aromatic heterocycles. The minimum Gasteiger partial charge on any atom is -0.330 e. The molecule has 2 aliphatic heterocycles. The van der Waals surface area contributed by atoms with Crippen LogP contribution in [0.2, 0.25) is 5.02 Å². The molecular weight excluding hydrogens is 353 g/mol. The lowest BCUT2D eigenvalue weighted by Crippen LogP contribution is -2.29. The second-order valence-electron chi connectivity index (χ2n) is 6.68. The van der Waals surface area contributed by atoms with Gasteiger partial charge >= 0.3 is 0 Å². The van der Waals surface area contributed by atoms with Gasteiger partial charge in [-0.3, -0.25) is 9.36 Å². The van der Waals surface area contributed by atoms with Crippen molar-refractivity contribution in [2.45, 2.75) is 18.9 Å². The Morgan fingerprint density at radius 3 is 2.92 bits per heavy atom. The van der Waals surface area contributed by atoms with Crippen molar-refractivity contribution in [2.24, 2.45) is 0 Å². The molecule has 130 valence electrons. The Kier molecular flexibility index (Phi) is 3.40. The number of hydrogen-bond donors (Lipinski definition) is 0. The summed E-state index contributed by atoms with van der Waals surface area (Å²) in [7, 11) is 0. The van der Waals surface area contributed by atoms with Crippen molar-refractivity contribution in [3.63, 3.8) is 0 Å². The molecule has 0 unspecified atom stereocenters. The van der Waals surface area contributed by atoms with E-state index >= 15 is 0 Å². The van der Waals surface area contributed by atoms with E-state index in [0.717, 1.165) is 29.8 Å². The maximum absolute atomic E-state index is 13.8. The summed E-state index contributed by atoms with van der Waals surface area (Å²) in [6, 6.07) is 11.8. The molecule has 0 aliphatic carbocycles. The summed E-state index contributed by atoms with van der Waals surface area (Å²) in [6.45, 7) is 0.666. The van der Waals surface area contributed by atoms with E-state index in [0.29, 0.717) is 22.8 Å². The van der Waals surface area contributed by atoms with Crippen molar-refractivity contribution in [3.8, 4) is 16.9 Å². The molecule has 2 aliphatic rings. The Bertz CT molecular complexity index is 1050. The van der Waals surface area contributed by atoms with Crippen LogP contribution in [0.3, 0.4) is 0 Å². The van der Waals surface area contributed by atoms with Gasteiger partial charge in [-0.05, 0) is 43.2 Å². The lowest BCUT2D eigenvalue weighted by Gasteiger charge is -2.23. The first kappa shape index (κ1) is 15.6. The van der Waals surface area contributed by atoms with Gasteiger partial charge in [-0.2, -0.15) is 0 Å². The van der Waals surface area contributed by atoms with Crippen molar-refractivity contribution >= 4 is 17.5 Å². The molecule has 3 heterocycles. The molecule has 1 amide bonds. The predicted octanol–water partition coefficient (Wildman–Crippen LogP) is 4.62. The minimum atomic E-state index is -0.411. The molecule has 5 rings (SSSR count). The van der Waals surface area contributed by atoms with Crippen LogP contribution in [0.5, 0.6) is 0 Å². The Balaban J connectivity index is 1.80. The van der Waals surface area contributed by atoms with Crippen LogP contribution in [-0.2, 0) is 0 Å². The fraction of sp³-hybridized carbons (Fsp3) is 0.200. The predicted molar refractivity (Wildman–Crippen MR) is 97.0 cm³/mol. The molecule has 3 aromatic rings. The van der Waals surface area contributed by atoms with Gasteiger partial charge in [0.05, 0.1) is 28.7 Å². The summed E-state index contributed by atoms with van der Waals surface area (Å²) in [4.78, 5) is 19.5. The average Bonchev–Trinajstić information content (AvgIpc) is 3.25. The topological polar surface area (TPSA) is 38.1 Å². The summed E-state index contributed by atoms with van der Waals surface area (Å²) < 4.78 is 15.8. The SMILES string of the molecule is O=C1c2cc(F)ccc2-n2cnc(-c3cccc(Cl)c3)c2[C@@H]2CCCN12. The fourth-order valence-corrected chi connectivity index (χ4v) is 4.26. The van der Waals surface area contributed by atoms with Crippen molar-refractivity contribution < 1.29 is 9.18 Å². The summed E-state index contributed by atoms with van der Waals surface area (Å²) in [5.41, 5.74) is 3.74. The van der Waals surface area contributed by atoms with Crippen LogP contribution in [0.1, 0.15) is 34.9 Å². The highest BCUT2D eigenvalue weighted by molar-refractivity contribution is 6.30. The van der Waals surface area contributed by atoms with Crippen LogP contribution in [0.25, 0.3) is 16.9 Å². The third-order valence-corrected chi connectivity index (χ3v) is 5.42. The minimum absolute atomic E-state index is 0.0746. The molecule has 6 heteroatoms. The second-order valence-corrected chi connectivity index (χ2v) is 7.11. The number of carbonyl (C=O) groups excluding carboxylic acids is 1. The summed E-state index contributed by atoms with van der Waals surface area (Å²) >= 11 is 6.17. The lowest BCUT2D eigenvalue weighted by molar-refractivity contribution is 0.0738. The van der Waals surface area contributed by atoms with Crippen LogP contribution >= 0.6 is 11.6 Å². The number of halogens is 2. The highest BCUT2D eigenvalue weighted by atomic mass is 35.5. The zero-order valence-corrected chi connectivity index (χ0v) is 14.6. The maximum atomic E-state index is 13.8. The molecule has 2 aromatic carbocycles. The zero-order chi connectivity index (χ0) is 17.8. The van der Waals surface area contributed by atoms with Crippen LogP contribution < -0.4 is 0 Å². The van der Waals surface area contributed by atoms with Crippen LogP contribution in [0, 0.1) is 5.82 Å². The van der Waals surface area contributed by atoms with Crippen LogP contribution in [0.4, 0.5) is 4.39 Å². The van der Waals surface area contributed by atoms with Gasteiger partial charge in [-0.1, -0.05) is 23.7 Å². The molecule has 0 N–H and O–H groups in total. The number of nitrogens with zero attached hydrogens (tertiary/aromatic N) is 3. The molecular formula is C20H15ClFN3O. The summed E-state index contributed by atoms with van der Waals surface area (Å²) in [6.07, 6.45) is 3.50. The average molecular weight is 368 g/mol. The van der Waals surface area contributed by atoms with E-state index in [4.69, 9.17) is 11.6 Å². The van der Waals surface area contributed by atoms with E-state index in [9.17, 15) is 9.18 Å². The lowest BCUT2D eigenvalue weighted by atomic mass is 10.0. The van der Waals surface area contributed by atoms with Crippen molar-refractivity contribution in [1.29, 1.82) is 0 Å². The van der Waals surface area contributed by atoms with Crippen LogP contribution in [0.15, 0.2) is 48.8 Å². The van der Waals surface area contributed by atoms with E-state index < -0.39 is 5.82 Å². The Hall–Kier alpha value is -2.66. The highest BCUT2D eigenvalue weighted by Gasteiger charge is 2.39. The first-order valence-electron chi connectivity index (χ1n) is 8.57. The Morgan fingerprint density at radius 2 is 2.08 bits per heavy atom. The van der Waals surface area contributed by atoms with Crippen molar-refractivity contribution in [1.82, 2.24) is 14.5 Å².